The van der Waals surface area contributed by atoms with Crippen molar-refractivity contribution < 1.29 is 18.3 Å². The molecule has 2 aromatic heterocycles. The van der Waals surface area contributed by atoms with E-state index in [1.54, 1.807) is 12.1 Å². The molecule has 1 aliphatic rings. The quantitative estimate of drug-likeness (QED) is 0.675. The van der Waals surface area contributed by atoms with Gasteiger partial charge in [-0.25, -0.2) is 4.39 Å². The second-order valence-corrected chi connectivity index (χ2v) is 5.25. The number of ether oxygens (including phenoxy) is 2. The van der Waals surface area contributed by atoms with Crippen molar-refractivity contribution >= 4 is 0 Å². The number of methoxy groups -OCH3 is 1. The van der Waals surface area contributed by atoms with Gasteiger partial charge in [-0.05, 0) is 35.4 Å². The summed E-state index contributed by atoms with van der Waals surface area (Å²) in [5, 5.41) is 7.58. The second kappa shape index (κ2) is 5.52. The maximum atomic E-state index is 14.6. The summed E-state index contributed by atoms with van der Waals surface area (Å²) in [6.45, 7) is 0.182. The number of benzene rings is 1. The topological polar surface area (TPSA) is 57.1 Å². The molecule has 0 fully saturated rings. The van der Waals surface area contributed by atoms with Crippen LogP contribution in [0.1, 0.15) is 5.56 Å². The van der Waals surface area contributed by atoms with Crippen LogP contribution in [0, 0.1) is 11.8 Å². The Kier molecular flexibility index (Phi) is 3.34. The van der Waals surface area contributed by atoms with E-state index >= 15 is 0 Å². The van der Waals surface area contributed by atoms with Crippen molar-refractivity contribution in [3.63, 3.8) is 0 Å². The summed E-state index contributed by atoms with van der Waals surface area (Å²) in [4.78, 5) is 3.70. The van der Waals surface area contributed by atoms with Gasteiger partial charge >= 0.3 is 0 Å². The van der Waals surface area contributed by atoms with E-state index in [4.69, 9.17) is 9.47 Å². The van der Waals surface area contributed by atoms with Crippen LogP contribution in [0.4, 0.5) is 8.78 Å². The van der Waals surface area contributed by atoms with Crippen LogP contribution in [0.15, 0.2) is 36.5 Å². The average Bonchev–Trinajstić information content (AvgIpc) is 2.61. The Bertz CT molecular complexity index is 947. The van der Waals surface area contributed by atoms with Crippen molar-refractivity contribution in [1.29, 1.82) is 0 Å². The minimum absolute atomic E-state index is 0.168. The fraction of sp³-hybridized carbons (Fsp3) is 0.118. The molecule has 1 aromatic carbocycles. The largest absolute Gasteiger partial charge is 0.480 e. The van der Waals surface area contributed by atoms with Crippen LogP contribution >= 0.6 is 0 Å². The van der Waals surface area contributed by atoms with Gasteiger partial charge in [-0.3, -0.25) is 0 Å². The molecule has 0 saturated heterocycles. The van der Waals surface area contributed by atoms with Gasteiger partial charge in [0.25, 0.3) is 0 Å². The van der Waals surface area contributed by atoms with Crippen molar-refractivity contribution in [2.75, 3.05) is 7.11 Å². The first kappa shape index (κ1) is 14.5. The summed E-state index contributed by atoms with van der Waals surface area (Å²) in [7, 11) is 1.47. The van der Waals surface area contributed by atoms with Gasteiger partial charge in [0, 0.05) is 22.8 Å². The van der Waals surface area contributed by atoms with E-state index in [9.17, 15) is 8.78 Å². The van der Waals surface area contributed by atoms with Gasteiger partial charge in [0.2, 0.25) is 17.7 Å². The van der Waals surface area contributed by atoms with Crippen molar-refractivity contribution in [2.24, 2.45) is 0 Å². The molecule has 0 bridgehead atoms. The minimum Gasteiger partial charge on any atom is -0.480 e. The van der Waals surface area contributed by atoms with Crippen LogP contribution in [-0.2, 0) is 6.61 Å². The zero-order chi connectivity index (χ0) is 16.7. The van der Waals surface area contributed by atoms with Gasteiger partial charge < -0.3 is 9.47 Å². The molecule has 0 aliphatic carbocycles. The van der Waals surface area contributed by atoms with Crippen molar-refractivity contribution in [3.8, 4) is 34.0 Å². The van der Waals surface area contributed by atoms with Gasteiger partial charge in [0.1, 0.15) is 12.4 Å². The molecule has 120 valence electrons. The summed E-state index contributed by atoms with van der Waals surface area (Å²) >= 11 is 0. The lowest BCUT2D eigenvalue weighted by Gasteiger charge is -2.21. The molecule has 0 unspecified atom stereocenters. The molecule has 7 heteroatoms. The number of halogens is 2. The average molecular weight is 327 g/mol. The Labute approximate surface area is 135 Å². The van der Waals surface area contributed by atoms with E-state index in [0.717, 1.165) is 5.56 Å². The molecule has 5 nitrogen and oxygen atoms in total. The molecule has 0 atom stereocenters. The second-order valence-electron chi connectivity index (χ2n) is 5.25. The summed E-state index contributed by atoms with van der Waals surface area (Å²) in [5.41, 5.74) is 2.89. The third-order valence-corrected chi connectivity index (χ3v) is 3.83. The van der Waals surface area contributed by atoms with Gasteiger partial charge in [0.05, 0.1) is 13.3 Å². The molecule has 0 radical (unpaired) electrons. The van der Waals surface area contributed by atoms with Gasteiger partial charge in [0.15, 0.2) is 0 Å². The fourth-order valence-electron chi connectivity index (χ4n) is 2.68. The number of aromatic nitrogens is 3. The molecule has 0 spiro atoms. The number of hydrogen-bond acceptors (Lipinski definition) is 5. The van der Waals surface area contributed by atoms with Crippen LogP contribution in [0.5, 0.6) is 11.8 Å². The van der Waals surface area contributed by atoms with E-state index in [2.05, 4.69) is 15.2 Å². The third kappa shape index (κ3) is 2.34. The monoisotopic (exact) mass is 327 g/mol. The summed E-state index contributed by atoms with van der Waals surface area (Å²) in [5.74, 6) is -0.599. The molecule has 24 heavy (non-hydrogen) atoms. The van der Waals surface area contributed by atoms with E-state index in [-0.39, 0.29) is 12.5 Å². The molecule has 1 aliphatic heterocycles. The molecule has 0 amide bonds. The third-order valence-electron chi connectivity index (χ3n) is 3.83. The maximum absolute atomic E-state index is 14.6. The zero-order valence-electron chi connectivity index (χ0n) is 12.6. The smallest absolute Gasteiger partial charge is 0.233 e. The lowest BCUT2D eigenvalue weighted by molar-refractivity contribution is 0.285. The maximum Gasteiger partial charge on any atom is 0.233 e. The molecule has 4 rings (SSSR count). The number of rotatable bonds is 2. The van der Waals surface area contributed by atoms with Crippen molar-refractivity contribution in [3.05, 3.63) is 53.9 Å². The summed E-state index contributed by atoms with van der Waals surface area (Å²) in [6, 6.07) is 7.45. The van der Waals surface area contributed by atoms with Gasteiger partial charge in [-0.2, -0.15) is 14.5 Å². The highest BCUT2D eigenvalue weighted by molar-refractivity contribution is 5.77. The molecule has 3 aromatic rings. The summed E-state index contributed by atoms with van der Waals surface area (Å²) in [6.07, 6.45) is 1.46. The molecule has 0 saturated carbocycles. The molecular weight excluding hydrogens is 316 g/mol. The molecular formula is C17H11F2N3O2. The van der Waals surface area contributed by atoms with E-state index in [0.29, 0.717) is 28.1 Å². The number of pyridine rings is 1. The van der Waals surface area contributed by atoms with Crippen molar-refractivity contribution in [2.45, 2.75) is 6.61 Å². The first-order valence-corrected chi connectivity index (χ1v) is 7.15. The number of nitrogens with zero attached hydrogens (tertiary/aromatic N) is 3. The molecule has 3 heterocycles. The number of hydrogen-bond donors (Lipinski definition) is 0. The Balaban J connectivity index is 1.85. The van der Waals surface area contributed by atoms with Crippen LogP contribution in [0.25, 0.3) is 22.3 Å². The van der Waals surface area contributed by atoms with Crippen molar-refractivity contribution in [1.82, 2.24) is 15.2 Å². The Hall–Kier alpha value is -3.09. The van der Waals surface area contributed by atoms with Crippen LogP contribution in [0.2, 0.25) is 0 Å². The minimum atomic E-state index is -0.635. The van der Waals surface area contributed by atoms with Crippen LogP contribution < -0.4 is 9.47 Å². The fourth-order valence-corrected chi connectivity index (χ4v) is 2.68. The summed E-state index contributed by atoms with van der Waals surface area (Å²) < 4.78 is 38.4. The Morgan fingerprint density at radius 3 is 2.79 bits per heavy atom. The lowest BCUT2D eigenvalue weighted by Crippen LogP contribution is -2.08. The Morgan fingerprint density at radius 1 is 1.08 bits per heavy atom. The highest BCUT2D eigenvalue weighted by Gasteiger charge is 2.22. The highest BCUT2D eigenvalue weighted by atomic mass is 19.1. The van der Waals surface area contributed by atoms with Gasteiger partial charge in [-0.1, -0.05) is 0 Å². The van der Waals surface area contributed by atoms with E-state index in [1.807, 2.05) is 0 Å². The van der Waals surface area contributed by atoms with Gasteiger partial charge in [-0.15, -0.1) is 5.10 Å². The first-order valence-electron chi connectivity index (χ1n) is 7.15. The Morgan fingerprint density at radius 2 is 1.96 bits per heavy atom. The standard InChI is InChI=1S/C17H11F2N3O2/c1-23-16-5-9(7-20-22-16)13-4-10-8-24-17-11(2-3-15(19)21-17)12(10)6-14(13)18/h2-7H,8H2,1H3. The van der Waals surface area contributed by atoms with Crippen LogP contribution in [0.3, 0.4) is 0 Å². The predicted octanol–water partition coefficient (Wildman–Crippen LogP) is 3.38. The van der Waals surface area contributed by atoms with E-state index < -0.39 is 11.8 Å². The number of fused-ring (bicyclic) bond motifs is 3. The predicted molar refractivity (Wildman–Crippen MR) is 81.5 cm³/mol. The lowest BCUT2D eigenvalue weighted by atomic mass is 9.94. The zero-order valence-corrected chi connectivity index (χ0v) is 12.6. The molecule has 0 N–H and O–H groups in total. The van der Waals surface area contributed by atoms with Crippen LogP contribution in [-0.4, -0.2) is 22.3 Å². The first-order chi connectivity index (χ1) is 11.7. The normalized spacial score (nSPS) is 12.1. The SMILES string of the molecule is COc1cc(-c2cc3c(cc2F)-c2ccc(F)nc2OC3)cnn1. The highest BCUT2D eigenvalue weighted by Crippen LogP contribution is 2.39. The van der Waals surface area contributed by atoms with E-state index in [1.165, 1.54) is 31.5 Å².